The van der Waals surface area contributed by atoms with Gasteiger partial charge in [0.05, 0.1) is 22.9 Å². The maximum Gasteiger partial charge on any atom is 0.146 e. The summed E-state index contributed by atoms with van der Waals surface area (Å²) >= 11 is 0. The van der Waals surface area contributed by atoms with Crippen molar-refractivity contribution in [3.63, 3.8) is 0 Å². The molecule has 0 unspecified atom stereocenters. The molecule has 29 heavy (non-hydrogen) atoms. The average molecular weight is 384 g/mol. The minimum absolute atomic E-state index is 0.406. The highest BCUT2D eigenvalue weighted by molar-refractivity contribution is 6.03. The van der Waals surface area contributed by atoms with Gasteiger partial charge in [0.2, 0.25) is 0 Å². The van der Waals surface area contributed by atoms with E-state index >= 15 is 0 Å². The minimum atomic E-state index is 0.406. The molecular weight excluding hydrogens is 360 g/mol. The van der Waals surface area contributed by atoms with E-state index in [4.69, 9.17) is 9.72 Å². The van der Waals surface area contributed by atoms with E-state index in [9.17, 15) is 0 Å². The Bertz CT molecular complexity index is 1130. The van der Waals surface area contributed by atoms with Gasteiger partial charge in [-0.15, -0.1) is 0 Å². The molecule has 0 spiro atoms. The molecule has 1 aliphatic rings. The third kappa shape index (κ3) is 3.38. The summed E-state index contributed by atoms with van der Waals surface area (Å²) in [6, 6.07) is 14.9. The molecule has 3 aromatic heterocycles. The quantitative estimate of drug-likeness (QED) is 0.522. The van der Waals surface area contributed by atoms with Crippen LogP contribution in [-0.4, -0.2) is 34.1 Å². The van der Waals surface area contributed by atoms with Crippen LogP contribution >= 0.6 is 0 Å². The molecule has 0 bridgehead atoms. The lowest BCUT2D eigenvalue weighted by Crippen LogP contribution is -2.28. The van der Waals surface area contributed by atoms with Crippen molar-refractivity contribution >= 4 is 11.0 Å². The van der Waals surface area contributed by atoms with Crippen molar-refractivity contribution in [2.45, 2.75) is 25.8 Å². The Hall–Kier alpha value is -3.18. The van der Waals surface area contributed by atoms with Gasteiger partial charge < -0.3 is 15.0 Å². The van der Waals surface area contributed by atoms with Crippen LogP contribution in [0.2, 0.25) is 0 Å². The lowest BCUT2D eigenvalue weighted by molar-refractivity contribution is 0.277. The Balaban J connectivity index is 1.65. The van der Waals surface area contributed by atoms with Crippen LogP contribution in [0.4, 0.5) is 0 Å². The first-order valence-electron chi connectivity index (χ1n) is 10.1. The number of H-pyrrole nitrogens is 1. The fourth-order valence-electron chi connectivity index (χ4n) is 4.09. The molecule has 1 saturated heterocycles. The summed E-state index contributed by atoms with van der Waals surface area (Å²) in [7, 11) is 0. The van der Waals surface area contributed by atoms with Gasteiger partial charge in [-0.1, -0.05) is 30.3 Å². The van der Waals surface area contributed by atoms with Gasteiger partial charge in [0, 0.05) is 29.6 Å². The third-order valence-electron chi connectivity index (χ3n) is 5.61. The Labute approximate surface area is 170 Å². The summed E-state index contributed by atoms with van der Waals surface area (Å²) in [5.74, 6) is 0.794. The maximum absolute atomic E-state index is 6.23. The second-order valence-electron chi connectivity index (χ2n) is 7.57. The zero-order valence-electron chi connectivity index (χ0n) is 16.5. The maximum atomic E-state index is 6.23. The molecule has 0 amide bonds. The number of pyridine rings is 2. The zero-order valence-corrected chi connectivity index (χ0v) is 16.5. The number of fused-ring (bicyclic) bond motifs is 1. The highest BCUT2D eigenvalue weighted by Gasteiger charge is 2.21. The summed E-state index contributed by atoms with van der Waals surface area (Å²) < 4.78 is 6.23. The number of nitrogens with one attached hydrogen (secondary N) is 2. The molecule has 1 atom stereocenters. The summed E-state index contributed by atoms with van der Waals surface area (Å²) in [4.78, 5) is 12.7. The molecule has 0 aliphatic carbocycles. The van der Waals surface area contributed by atoms with Gasteiger partial charge in [-0.05, 0) is 49.6 Å². The Morgan fingerprint density at radius 2 is 2.00 bits per heavy atom. The number of hydrogen-bond acceptors (Lipinski definition) is 4. The first-order chi connectivity index (χ1) is 14.3. The molecule has 2 N–H and O–H groups in total. The highest BCUT2D eigenvalue weighted by atomic mass is 16.5. The van der Waals surface area contributed by atoms with Crippen LogP contribution in [0.3, 0.4) is 0 Å². The summed E-state index contributed by atoms with van der Waals surface area (Å²) in [5, 5.41) is 3.49. The first kappa shape index (κ1) is 17.9. The molecule has 5 heteroatoms. The number of rotatable bonds is 5. The van der Waals surface area contributed by atoms with E-state index in [0.29, 0.717) is 12.6 Å². The molecule has 4 aromatic rings. The fourth-order valence-corrected chi connectivity index (χ4v) is 4.09. The van der Waals surface area contributed by atoms with Crippen molar-refractivity contribution in [1.29, 1.82) is 0 Å². The van der Waals surface area contributed by atoms with E-state index in [-0.39, 0.29) is 0 Å². The van der Waals surface area contributed by atoms with Gasteiger partial charge in [0.15, 0.2) is 0 Å². The Morgan fingerprint density at radius 1 is 1.10 bits per heavy atom. The number of benzene rings is 1. The van der Waals surface area contributed by atoms with Gasteiger partial charge in [0.1, 0.15) is 12.4 Å². The van der Waals surface area contributed by atoms with E-state index in [1.54, 1.807) is 0 Å². The van der Waals surface area contributed by atoms with E-state index in [1.165, 1.54) is 12.0 Å². The molecule has 0 saturated carbocycles. The van der Waals surface area contributed by atoms with Gasteiger partial charge in [-0.2, -0.15) is 0 Å². The molecule has 5 nitrogen and oxygen atoms in total. The summed E-state index contributed by atoms with van der Waals surface area (Å²) in [5.41, 5.74) is 7.46. The van der Waals surface area contributed by atoms with Gasteiger partial charge in [-0.25, -0.2) is 0 Å². The predicted octanol–water partition coefficient (Wildman–Crippen LogP) is 4.73. The first-order valence-corrected chi connectivity index (χ1v) is 10.1. The lowest BCUT2D eigenvalue weighted by atomic mass is 10.0. The van der Waals surface area contributed by atoms with Crippen molar-refractivity contribution in [3.05, 3.63) is 66.6 Å². The minimum Gasteiger partial charge on any atom is -0.490 e. The van der Waals surface area contributed by atoms with E-state index in [0.717, 1.165) is 52.1 Å². The van der Waals surface area contributed by atoms with Crippen LogP contribution in [0.1, 0.15) is 18.4 Å². The van der Waals surface area contributed by atoms with Crippen LogP contribution in [0, 0.1) is 6.92 Å². The van der Waals surface area contributed by atoms with Crippen molar-refractivity contribution in [1.82, 2.24) is 20.3 Å². The van der Waals surface area contributed by atoms with Crippen LogP contribution in [0.15, 0.2) is 61.1 Å². The normalized spacial score (nSPS) is 16.4. The van der Waals surface area contributed by atoms with E-state index in [2.05, 4.69) is 46.5 Å². The van der Waals surface area contributed by atoms with E-state index < -0.39 is 0 Å². The second kappa shape index (κ2) is 7.68. The molecular formula is C24H24N4O. The van der Waals surface area contributed by atoms with E-state index in [1.807, 2.05) is 36.8 Å². The Kier molecular flexibility index (Phi) is 4.74. The number of aromatic amines is 1. The van der Waals surface area contributed by atoms with Crippen LogP contribution in [-0.2, 0) is 0 Å². The molecule has 1 aromatic carbocycles. The van der Waals surface area contributed by atoms with Gasteiger partial charge >= 0.3 is 0 Å². The SMILES string of the molecule is Cc1ccnc2c(-c3ccccc3)c(-c3ccncc3OC[C@@H]3CCCN3)[nH]c12. The number of ether oxygens (including phenoxy) is 1. The molecule has 1 fully saturated rings. The predicted molar refractivity (Wildman–Crippen MR) is 116 cm³/mol. The third-order valence-corrected chi connectivity index (χ3v) is 5.61. The summed E-state index contributed by atoms with van der Waals surface area (Å²) in [6.45, 7) is 3.82. The fraction of sp³-hybridized carbons (Fsp3) is 0.250. The monoisotopic (exact) mass is 384 g/mol. The average Bonchev–Trinajstić information content (AvgIpc) is 3.42. The molecule has 4 heterocycles. The molecule has 1 aliphatic heterocycles. The number of hydrogen-bond donors (Lipinski definition) is 2. The van der Waals surface area contributed by atoms with Gasteiger partial charge in [-0.3, -0.25) is 9.97 Å². The number of aromatic nitrogens is 3. The smallest absolute Gasteiger partial charge is 0.146 e. The van der Waals surface area contributed by atoms with Crippen molar-refractivity contribution in [2.75, 3.05) is 13.2 Å². The Morgan fingerprint density at radius 3 is 2.83 bits per heavy atom. The van der Waals surface area contributed by atoms with Crippen LogP contribution in [0.25, 0.3) is 33.4 Å². The van der Waals surface area contributed by atoms with Crippen molar-refractivity contribution in [2.24, 2.45) is 0 Å². The number of nitrogens with zero attached hydrogens (tertiary/aromatic N) is 2. The van der Waals surface area contributed by atoms with Crippen molar-refractivity contribution in [3.8, 4) is 28.1 Å². The zero-order chi connectivity index (χ0) is 19.6. The van der Waals surface area contributed by atoms with Gasteiger partial charge in [0.25, 0.3) is 0 Å². The second-order valence-corrected chi connectivity index (χ2v) is 7.57. The lowest BCUT2D eigenvalue weighted by Gasteiger charge is -2.15. The molecule has 146 valence electrons. The van der Waals surface area contributed by atoms with Crippen LogP contribution in [0.5, 0.6) is 5.75 Å². The number of aryl methyl sites for hydroxylation is 1. The topological polar surface area (TPSA) is 62.8 Å². The van der Waals surface area contributed by atoms with Crippen molar-refractivity contribution < 1.29 is 4.74 Å². The highest BCUT2D eigenvalue weighted by Crippen LogP contribution is 2.41. The standard InChI is InChI=1S/C24H24N4O/c1-16-9-13-27-24-21(17-6-3-2-4-7-17)23(28-22(16)24)19-10-12-25-14-20(19)29-15-18-8-5-11-26-18/h2-4,6-7,9-10,12-14,18,26,28H,5,8,11,15H2,1H3/t18-/m0/s1. The van der Waals surface area contributed by atoms with Crippen LogP contribution < -0.4 is 10.1 Å². The largest absolute Gasteiger partial charge is 0.490 e. The molecule has 0 radical (unpaired) electrons. The molecule has 5 rings (SSSR count). The summed E-state index contributed by atoms with van der Waals surface area (Å²) in [6.07, 6.45) is 7.86.